The van der Waals surface area contributed by atoms with Gasteiger partial charge in [0.25, 0.3) is 5.56 Å². The van der Waals surface area contributed by atoms with Gasteiger partial charge in [0.1, 0.15) is 0 Å². The van der Waals surface area contributed by atoms with Crippen LogP contribution in [0.5, 0.6) is 0 Å². The van der Waals surface area contributed by atoms with E-state index in [1.165, 1.54) is 11.8 Å². The molecule has 32 heavy (non-hydrogen) atoms. The summed E-state index contributed by atoms with van der Waals surface area (Å²) in [4.78, 5) is 31.0. The average Bonchev–Trinajstić information content (AvgIpc) is 3.09. The van der Waals surface area contributed by atoms with E-state index in [-0.39, 0.29) is 17.1 Å². The molecule has 0 fully saturated rings. The summed E-state index contributed by atoms with van der Waals surface area (Å²) in [5, 5.41) is 1.12. The van der Waals surface area contributed by atoms with Crippen LogP contribution in [0.3, 0.4) is 0 Å². The molecule has 4 aromatic rings. The number of aryl methyl sites for hydroxylation is 1. The van der Waals surface area contributed by atoms with Crippen molar-refractivity contribution in [3.8, 4) is 0 Å². The Bertz CT molecular complexity index is 1350. The van der Waals surface area contributed by atoms with Gasteiger partial charge in [-0.1, -0.05) is 60.3 Å². The maximum atomic E-state index is 13.3. The van der Waals surface area contributed by atoms with Crippen LogP contribution in [-0.4, -0.2) is 25.7 Å². The zero-order chi connectivity index (χ0) is 22.7. The average molecular weight is 444 g/mol. The van der Waals surface area contributed by atoms with Crippen molar-refractivity contribution in [3.63, 3.8) is 0 Å². The van der Waals surface area contributed by atoms with Crippen molar-refractivity contribution >= 4 is 28.4 Å². The number of rotatable bonds is 8. The lowest BCUT2D eigenvalue weighted by Crippen LogP contribution is -2.24. The van der Waals surface area contributed by atoms with E-state index in [1.54, 1.807) is 10.6 Å². The number of thioether (sulfide) groups is 1. The summed E-state index contributed by atoms with van der Waals surface area (Å²) in [6.45, 7) is 8.81. The van der Waals surface area contributed by atoms with Crippen molar-refractivity contribution in [2.75, 3.05) is 5.75 Å². The number of hydrogen-bond acceptors (Lipinski definition) is 4. The van der Waals surface area contributed by atoms with Crippen molar-refractivity contribution in [3.05, 3.63) is 106 Å². The fourth-order valence-corrected chi connectivity index (χ4v) is 4.75. The molecule has 0 saturated heterocycles. The van der Waals surface area contributed by atoms with Gasteiger partial charge >= 0.3 is 0 Å². The third kappa shape index (κ3) is 4.32. The van der Waals surface area contributed by atoms with Gasteiger partial charge in [-0.05, 0) is 37.6 Å². The number of carbonyl (C=O) groups is 1. The predicted molar refractivity (Wildman–Crippen MR) is 131 cm³/mol. The molecule has 0 unspecified atom stereocenters. The molecule has 2 heterocycles. The van der Waals surface area contributed by atoms with E-state index in [0.717, 1.165) is 17.0 Å². The van der Waals surface area contributed by atoms with Crippen molar-refractivity contribution < 1.29 is 4.79 Å². The summed E-state index contributed by atoms with van der Waals surface area (Å²) >= 11 is 1.31. The smallest absolute Gasteiger partial charge is 0.262 e. The van der Waals surface area contributed by atoms with Crippen molar-refractivity contribution in [1.82, 2.24) is 14.1 Å². The summed E-state index contributed by atoms with van der Waals surface area (Å²) in [6, 6.07) is 19.1. The third-order valence-corrected chi connectivity index (χ3v) is 6.50. The first-order valence-electron chi connectivity index (χ1n) is 10.5. The Hall–Kier alpha value is -3.38. The number of allylic oxidation sites excluding steroid dienone is 1. The van der Waals surface area contributed by atoms with Gasteiger partial charge in [-0.15, -0.1) is 6.58 Å². The van der Waals surface area contributed by atoms with Gasteiger partial charge in [-0.3, -0.25) is 14.2 Å². The van der Waals surface area contributed by atoms with Crippen LogP contribution in [0.15, 0.2) is 83.3 Å². The van der Waals surface area contributed by atoms with Crippen LogP contribution in [0.1, 0.15) is 27.3 Å². The number of carbonyl (C=O) groups excluding carboxylic acids is 1. The number of benzene rings is 2. The van der Waals surface area contributed by atoms with Crippen LogP contribution in [-0.2, 0) is 13.1 Å². The molecular weight excluding hydrogens is 418 g/mol. The summed E-state index contributed by atoms with van der Waals surface area (Å²) < 4.78 is 3.74. The Balaban J connectivity index is 1.67. The normalized spacial score (nSPS) is 11.1. The van der Waals surface area contributed by atoms with Gasteiger partial charge in [-0.2, -0.15) is 0 Å². The molecule has 0 aliphatic rings. The molecule has 2 aromatic heterocycles. The van der Waals surface area contributed by atoms with Crippen LogP contribution in [0.2, 0.25) is 0 Å². The van der Waals surface area contributed by atoms with Crippen LogP contribution in [0.25, 0.3) is 10.9 Å². The highest BCUT2D eigenvalue weighted by Gasteiger charge is 2.18. The molecule has 0 aliphatic carbocycles. The molecule has 5 nitrogen and oxygen atoms in total. The van der Waals surface area contributed by atoms with E-state index in [0.29, 0.717) is 34.7 Å². The van der Waals surface area contributed by atoms with Gasteiger partial charge in [-0.25, -0.2) is 4.98 Å². The Morgan fingerprint density at radius 3 is 2.53 bits per heavy atom. The molecule has 0 saturated carbocycles. The largest absolute Gasteiger partial charge is 0.345 e. The van der Waals surface area contributed by atoms with E-state index in [4.69, 9.17) is 4.98 Å². The summed E-state index contributed by atoms with van der Waals surface area (Å²) in [5.41, 5.74) is 4.21. The second-order valence-corrected chi connectivity index (χ2v) is 8.63. The highest BCUT2D eigenvalue weighted by Crippen LogP contribution is 2.23. The number of Topliss-reactive ketones (excluding diaryl/α,β-unsaturated/α-hetero) is 1. The lowest BCUT2D eigenvalue weighted by molar-refractivity contribution is 0.102. The Labute approximate surface area is 191 Å². The molecular formula is C26H25N3O2S. The molecule has 0 atom stereocenters. The van der Waals surface area contributed by atoms with E-state index >= 15 is 0 Å². The zero-order valence-electron chi connectivity index (χ0n) is 18.2. The molecule has 0 aliphatic heterocycles. The van der Waals surface area contributed by atoms with E-state index < -0.39 is 0 Å². The van der Waals surface area contributed by atoms with Gasteiger partial charge in [0.2, 0.25) is 0 Å². The van der Waals surface area contributed by atoms with Crippen molar-refractivity contribution in [2.24, 2.45) is 0 Å². The molecule has 0 bridgehead atoms. The summed E-state index contributed by atoms with van der Waals surface area (Å²) in [6.07, 6.45) is 1.82. The predicted octanol–water partition coefficient (Wildman–Crippen LogP) is 5.02. The van der Waals surface area contributed by atoms with Crippen LogP contribution in [0, 0.1) is 13.8 Å². The van der Waals surface area contributed by atoms with Crippen LogP contribution < -0.4 is 5.56 Å². The minimum atomic E-state index is -0.0986. The van der Waals surface area contributed by atoms with Gasteiger partial charge in [0.05, 0.1) is 23.2 Å². The van der Waals surface area contributed by atoms with Gasteiger partial charge in [0.15, 0.2) is 10.9 Å². The number of ketones is 1. The summed E-state index contributed by atoms with van der Waals surface area (Å²) in [7, 11) is 0. The monoisotopic (exact) mass is 443 g/mol. The summed E-state index contributed by atoms with van der Waals surface area (Å²) in [5.74, 6) is 0.227. The van der Waals surface area contributed by atoms with E-state index in [9.17, 15) is 9.59 Å². The number of fused-ring (bicyclic) bond motifs is 1. The quantitative estimate of drug-likeness (QED) is 0.166. The van der Waals surface area contributed by atoms with Gasteiger partial charge in [0, 0.05) is 23.5 Å². The molecule has 0 amide bonds. The first-order valence-corrected chi connectivity index (χ1v) is 11.4. The number of para-hydroxylation sites is 1. The highest BCUT2D eigenvalue weighted by atomic mass is 32.2. The molecule has 0 radical (unpaired) electrons. The Morgan fingerprint density at radius 2 is 1.78 bits per heavy atom. The Kier molecular flexibility index (Phi) is 6.42. The lowest BCUT2D eigenvalue weighted by Gasteiger charge is -2.13. The maximum Gasteiger partial charge on any atom is 0.262 e. The van der Waals surface area contributed by atoms with E-state index in [1.807, 2.05) is 74.5 Å². The topological polar surface area (TPSA) is 56.9 Å². The van der Waals surface area contributed by atoms with Crippen molar-refractivity contribution in [1.29, 1.82) is 0 Å². The molecule has 162 valence electrons. The Morgan fingerprint density at radius 1 is 1.06 bits per heavy atom. The molecule has 0 N–H and O–H groups in total. The molecule has 2 aromatic carbocycles. The standard InChI is InChI=1S/C26H25N3O2S/c1-4-14-28-18(2)15-22(19(28)3)24(30)17-32-26-27-23-13-9-8-12-21(23)25(31)29(26)16-20-10-6-5-7-11-20/h4-13,15H,1,14,16-17H2,2-3H3. The lowest BCUT2D eigenvalue weighted by atomic mass is 10.2. The zero-order valence-corrected chi connectivity index (χ0v) is 19.1. The first kappa shape index (κ1) is 21.8. The van der Waals surface area contributed by atoms with Crippen LogP contribution >= 0.6 is 11.8 Å². The maximum absolute atomic E-state index is 13.3. The van der Waals surface area contributed by atoms with Gasteiger partial charge < -0.3 is 4.57 Å². The SMILES string of the molecule is C=CCn1c(C)cc(C(=O)CSc2nc3ccccc3c(=O)n2Cc2ccccc2)c1C. The fraction of sp³-hybridized carbons (Fsp3) is 0.192. The number of nitrogens with zero attached hydrogens (tertiary/aromatic N) is 3. The third-order valence-electron chi connectivity index (χ3n) is 5.53. The minimum Gasteiger partial charge on any atom is -0.345 e. The van der Waals surface area contributed by atoms with Crippen molar-refractivity contribution in [2.45, 2.75) is 32.1 Å². The molecule has 6 heteroatoms. The molecule has 0 spiro atoms. The number of aromatic nitrogens is 3. The number of hydrogen-bond donors (Lipinski definition) is 0. The first-order chi connectivity index (χ1) is 15.5. The fourth-order valence-electron chi connectivity index (χ4n) is 3.86. The second-order valence-electron chi connectivity index (χ2n) is 7.68. The second kappa shape index (κ2) is 9.40. The minimum absolute atomic E-state index is 0.0204. The highest BCUT2D eigenvalue weighted by molar-refractivity contribution is 7.99. The van der Waals surface area contributed by atoms with Crippen LogP contribution in [0.4, 0.5) is 0 Å². The molecule has 4 rings (SSSR count). The van der Waals surface area contributed by atoms with E-state index in [2.05, 4.69) is 11.1 Å².